The minimum absolute atomic E-state index is 0.0911. The van der Waals surface area contributed by atoms with Crippen molar-refractivity contribution in [2.45, 2.75) is 11.9 Å². The number of nitrogens with one attached hydrogen (secondary N) is 2. The number of likely N-dealkylation sites (N-methyl/N-ethyl adjacent to an activating group) is 1. The monoisotopic (exact) mass is 273 g/mol. The molecule has 1 heterocycles. The summed E-state index contributed by atoms with van der Waals surface area (Å²) in [6.07, 6.45) is 1.41. The van der Waals surface area contributed by atoms with Gasteiger partial charge >= 0.3 is 0 Å². The zero-order valence-electron chi connectivity index (χ0n) is 10.5. The van der Waals surface area contributed by atoms with Crippen LogP contribution in [-0.2, 0) is 10.0 Å². The predicted octanol–water partition coefficient (Wildman–Crippen LogP) is -0.403. The highest BCUT2D eigenvalue weighted by atomic mass is 32.2. The van der Waals surface area contributed by atoms with Gasteiger partial charge in [0.1, 0.15) is 0 Å². The van der Waals surface area contributed by atoms with Crippen molar-refractivity contribution < 1.29 is 8.42 Å². The maximum atomic E-state index is 12.0. The molecular weight excluding hydrogens is 254 g/mol. The lowest BCUT2D eigenvalue weighted by atomic mass is 10.4. The molecular formula is C10H19N5O2S. The number of hydrogen-bond donors (Lipinski definition) is 3. The van der Waals surface area contributed by atoms with E-state index in [0.717, 1.165) is 6.54 Å². The molecule has 1 rings (SSSR count). The minimum Gasteiger partial charge on any atom is -0.321 e. The third-order valence-corrected chi connectivity index (χ3v) is 3.93. The quantitative estimate of drug-likeness (QED) is 0.461. The van der Waals surface area contributed by atoms with E-state index in [1.165, 1.54) is 6.20 Å². The van der Waals surface area contributed by atoms with Crippen LogP contribution in [0.1, 0.15) is 6.92 Å². The summed E-state index contributed by atoms with van der Waals surface area (Å²) < 4.78 is 26.5. The molecule has 0 aliphatic rings. The van der Waals surface area contributed by atoms with E-state index in [4.69, 9.17) is 5.84 Å². The van der Waals surface area contributed by atoms with Gasteiger partial charge < -0.3 is 10.3 Å². The minimum atomic E-state index is -3.64. The largest absolute Gasteiger partial charge is 0.321 e. The molecule has 0 aromatic carbocycles. The average Bonchev–Trinajstić information content (AvgIpc) is 2.38. The van der Waals surface area contributed by atoms with Crippen molar-refractivity contribution in [1.82, 2.24) is 14.6 Å². The van der Waals surface area contributed by atoms with Gasteiger partial charge in [0.25, 0.3) is 10.0 Å². The molecule has 0 radical (unpaired) electrons. The first kappa shape index (κ1) is 14.8. The number of pyridine rings is 1. The van der Waals surface area contributed by atoms with E-state index in [1.807, 2.05) is 18.9 Å². The van der Waals surface area contributed by atoms with Gasteiger partial charge in [-0.2, -0.15) is 0 Å². The van der Waals surface area contributed by atoms with E-state index in [0.29, 0.717) is 13.1 Å². The van der Waals surface area contributed by atoms with Crippen molar-refractivity contribution in [2.75, 3.05) is 32.1 Å². The maximum absolute atomic E-state index is 12.0. The molecule has 7 nitrogen and oxygen atoms in total. The second-order valence-corrected chi connectivity index (χ2v) is 5.48. The van der Waals surface area contributed by atoms with Crippen LogP contribution in [-0.4, -0.2) is 45.0 Å². The predicted molar refractivity (Wildman–Crippen MR) is 70.4 cm³/mol. The summed E-state index contributed by atoms with van der Waals surface area (Å²) in [5, 5.41) is -0.0911. The standard InChI is InChI=1S/C10H19N5O2S/c1-3-15(2)8-7-13-18(16,17)10-9(14-11)5-4-6-12-10/h4-6,13-14H,3,7-8,11H2,1-2H3. The Kier molecular flexibility index (Phi) is 5.48. The number of sulfonamides is 1. The lowest BCUT2D eigenvalue weighted by Crippen LogP contribution is -2.33. The smallest absolute Gasteiger partial charge is 0.260 e. The molecule has 8 heteroatoms. The maximum Gasteiger partial charge on any atom is 0.260 e. The van der Waals surface area contributed by atoms with E-state index < -0.39 is 10.0 Å². The third-order valence-electron chi connectivity index (χ3n) is 2.51. The molecule has 0 atom stereocenters. The van der Waals surface area contributed by atoms with Gasteiger partial charge in [0.15, 0.2) is 5.03 Å². The van der Waals surface area contributed by atoms with Crippen molar-refractivity contribution in [1.29, 1.82) is 0 Å². The SMILES string of the molecule is CCN(C)CCNS(=O)(=O)c1ncccc1NN. The molecule has 1 aromatic rings. The third kappa shape index (κ3) is 3.91. The molecule has 102 valence electrons. The Hall–Kier alpha value is -1.22. The summed E-state index contributed by atoms with van der Waals surface area (Å²) in [5.41, 5.74) is 2.59. The zero-order chi connectivity index (χ0) is 13.6. The number of hydrazine groups is 1. The summed E-state index contributed by atoms with van der Waals surface area (Å²) >= 11 is 0. The molecule has 1 aromatic heterocycles. The van der Waals surface area contributed by atoms with Crippen LogP contribution in [0.15, 0.2) is 23.4 Å². The Bertz CT molecular complexity index is 477. The number of rotatable bonds is 7. The van der Waals surface area contributed by atoms with Crippen molar-refractivity contribution >= 4 is 15.7 Å². The van der Waals surface area contributed by atoms with E-state index in [1.54, 1.807) is 12.1 Å². The Morgan fingerprint density at radius 2 is 2.22 bits per heavy atom. The molecule has 0 aliphatic carbocycles. The van der Waals surface area contributed by atoms with Crippen LogP contribution in [0.4, 0.5) is 5.69 Å². The van der Waals surface area contributed by atoms with Crippen LogP contribution >= 0.6 is 0 Å². The summed E-state index contributed by atoms with van der Waals surface area (Å²) in [6, 6.07) is 3.17. The van der Waals surface area contributed by atoms with Crippen molar-refractivity contribution in [2.24, 2.45) is 5.84 Å². The normalized spacial score (nSPS) is 11.8. The van der Waals surface area contributed by atoms with Gasteiger partial charge in [-0.05, 0) is 25.7 Å². The van der Waals surface area contributed by atoms with E-state index in [-0.39, 0.29) is 10.7 Å². The van der Waals surface area contributed by atoms with Crippen LogP contribution in [0.3, 0.4) is 0 Å². The molecule has 4 N–H and O–H groups in total. The number of nitrogens with zero attached hydrogens (tertiary/aromatic N) is 2. The summed E-state index contributed by atoms with van der Waals surface area (Å²) in [6.45, 7) is 3.83. The van der Waals surface area contributed by atoms with Crippen LogP contribution in [0.2, 0.25) is 0 Å². The second-order valence-electron chi connectivity index (χ2n) is 3.79. The first-order chi connectivity index (χ1) is 8.51. The number of hydrogen-bond acceptors (Lipinski definition) is 6. The zero-order valence-corrected chi connectivity index (χ0v) is 11.4. The van der Waals surface area contributed by atoms with Crippen LogP contribution in [0.25, 0.3) is 0 Å². The fourth-order valence-electron chi connectivity index (χ4n) is 1.31. The Morgan fingerprint density at radius 3 is 2.83 bits per heavy atom. The molecule has 0 saturated carbocycles. The Balaban J connectivity index is 2.74. The lowest BCUT2D eigenvalue weighted by molar-refractivity contribution is 0.358. The van der Waals surface area contributed by atoms with Crippen molar-refractivity contribution in [3.8, 4) is 0 Å². The summed E-state index contributed by atoms with van der Waals surface area (Å²) in [4.78, 5) is 5.84. The number of anilines is 1. The van der Waals surface area contributed by atoms with E-state index in [2.05, 4.69) is 15.1 Å². The van der Waals surface area contributed by atoms with Crippen molar-refractivity contribution in [3.05, 3.63) is 18.3 Å². The second kappa shape index (κ2) is 6.64. The highest BCUT2D eigenvalue weighted by molar-refractivity contribution is 7.89. The van der Waals surface area contributed by atoms with Gasteiger partial charge in [-0.1, -0.05) is 6.92 Å². The van der Waals surface area contributed by atoms with Crippen LogP contribution in [0, 0.1) is 0 Å². The molecule has 0 aliphatic heterocycles. The van der Waals surface area contributed by atoms with Crippen LogP contribution < -0.4 is 16.0 Å². The molecule has 0 spiro atoms. The topological polar surface area (TPSA) is 100 Å². The first-order valence-electron chi connectivity index (χ1n) is 5.61. The number of nitrogen functional groups attached to an aromatic ring is 1. The average molecular weight is 273 g/mol. The van der Waals surface area contributed by atoms with Gasteiger partial charge in [-0.25, -0.2) is 18.1 Å². The highest BCUT2D eigenvalue weighted by Gasteiger charge is 2.19. The number of nitrogens with two attached hydrogens (primary N) is 1. The van der Waals surface area contributed by atoms with Gasteiger partial charge in [0.05, 0.1) is 5.69 Å². The van der Waals surface area contributed by atoms with Gasteiger partial charge in [0, 0.05) is 19.3 Å². The Labute approximate surface area is 107 Å². The van der Waals surface area contributed by atoms with Gasteiger partial charge in [0.2, 0.25) is 0 Å². The number of aromatic nitrogens is 1. The molecule has 0 fully saturated rings. The van der Waals surface area contributed by atoms with Gasteiger partial charge in [-0.3, -0.25) is 5.84 Å². The van der Waals surface area contributed by atoms with Gasteiger partial charge in [-0.15, -0.1) is 0 Å². The Morgan fingerprint density at radius 1 is 1.50 bits per heavy atom. The summed E-state index contributed by atoms with van der Waals surface area (Å²) in [7, 11) is -1.72. The lowest BCUT2D eigenvalue weighted by Gasteiger charge is -2.14. The molecule has 0 unspecified atom stereocenters. The van der Waals surface area contributed by atoms with Crippen LogP contribution in [0.5, 0.6) is 0 Å². The fourth-order valence-corrected chi connectivity index (χ4v) is 2.42. The molecule has 0 saturated heterocycles. The molecule has 0 amide bonds. The molecule has 18 heavy (non-hydrogen) atoms. The van der Waals surface area contributed by atoms with Crippen molar-refractivity contribution in [3.63, 3.8) is 0 Å². The first-order valence-corrected chi connectivity index (χ1v) is 7.09. The van der Waals surface area contributed by atoms with E-state index in [9.17, 15) is 8.42 Å². The summed E-state index contributed by atoms with van der Waals surface area (Å²) in [5.74, 6) is 5.26. The highest BCUT2D eigenvalue weighted by Crippen LogP contribution is 2.15. The molecule has 0 bridgehead atoms. The fraction of sp³-hybridized carbons (Fsp3) is 0.500. The van der Waals surface area contributed by atoms with E-state index >= 15 is 0 Å².